The van der Waals surface area contributed by atoms with Crippen molar-refractivity contribution in [1.82, 2.24) is 14.9 Å². The van der Waals surface area contributed by atoms with Crippen molar-refractivity contribution in [2.24, 2.45) is 11.7 Å². The number of nitrogens with one attached hydrogen (secondary N) is 3. The molecule has 9 heteroatoms. The van der Waals surface area contributed by atoms with Gasteiger partial charge in [0.15, 0.2) is 0 Å². The van der Waals surface area contributed by atoms with Crippen LogP contribution in [0.4, 0.5) is 10.2 Å². The summed E-state index contributed by atoms with van der Waals surface area (Å²) in [5.41, 5.74) is 5.77. The Morgan fingerprint density at radius 3 is 2.78 bits per heavy atom. The topological polar surface area (TPSA) is 128 Å². The molecule has 0 spiro atoms. The van der Waals surface area contributed by atoms with Gasteiger partial charge in [-0.2, -0.15) is 0 Å². The molecule has 2 heterocycles. The van der Waals surface area contributed by atoms with Crippen LogP contribution in [-0.4, -0.2) is 46.1 Å². The summed E-state index contributed by atoms with van der Waals surface area (Å²) in [5, 5.41) is 11.0. The van der Waals surface area contributed by atoms with E-state index in [9.17, 15) is 14.0 Å². The number of nitrogens with zero attached hydrogens (tertiary/aromatic N) is 2. The Hall–Kier alpha value is -3.07. The predicted octanol–water partition coefficient (Wildman–Crippen LogP) is 2.60. The van der Waals surface area contributed by atoms with Crippen molar-refractivity contribution in [2.75, 3.05) is 18.4 Å². The minimum Gasteiger partial charge on any atom is -0.367 e. The van der Waals surface area contributed by atoms with Gasteiger partial charge >= 0.3 is 0 Å². The van der Waals surface area contributed by atoms with Gasteiger partial charge in [0.05, 0.1) is 11.1 Å². The Balaban J connectivity index is 1.52. The molecule has 0 bridgehead atoms. The van der Waals surface area contributed by atoms with Crippen LogP contribution in [0.2, 0.25) is 0 Å². The van der Waals surface area contributed by atoms with E-state index in [1.54, 1.807) is 6.07 Å². The number of halogens is 1. The molecule has 2 aromatic rings. The van der Waals surface area contributed by atoms with Gasteiger partial charge in [-0.1, -0.05) is 25.8 Å². The normalized spacial score (nSPS) is 21.7. The molecule has 1 saturated heterocycles. The quantitative estimate of drug-likeness (QED) is 0.492. The fraction of sp³-hybridized carbons (Fsp3) is 0.478. The molecule has 0 radical (unpaired) electrons. The summed E-state index contributed by atoms with van der Waals surface area (Å²) >= 11 is 0. The van der Waals surface area contributed by atoms with E-state index in [-0.39, 0.29) is 34.6 Å². The lowest BCUT2D eigenvalue weighted by Crippen LogP contribution is -2.26. The predicted molar refractivity (Wildman–Crippen MR) is 121 cm³/mol. The molecule has 1 aromatic heterocycles. The molecule has 1 aromatic carbocycles. The Morgan fingerprint density at radius 2 is 2.12 bits per heavy atom. The van der Waals surface area contributed by atoms with Crippen LogP contribution in [0.1, 0.15) is 65.8 Å². The molecule has 2 fully saturated rings. The lowest BCUT2D eigenvalue weighted by molar-refractivity contribution is 0.0996. The molecule has 170 valence electrons. The number of primary amides is 1. The summed E-state index contributed by atoms with van der Waals surface area (Å²) in [7, 11) is 0. The zero-order chi connectivity index (χ0) is 22.8. The first-order valence-electron chi connectivity index (χ1n) is 11.1. The molecule has 2 atom stereocenters. The number of H-pyrrole nitrogens is 1. The minimum absolute atomic E-state index is 0.0151. The van der Waals surface area contributed by atoms with E-state index >= 15 is 0 Å². The average Bonchev–Trinajstić information content (AvgIpc) is 3.37. The number of aromatic amines is 1. The molecule has 1 amide bonds. The fourth-order valence-corrected chi connectivity index (χ4v) is 4.85. The van der Waals surface area contributed by atoms with E-state index in [2.05, 4.69) is 22.1 Å². The van der Waals surface area contributed by atoms with Gasteiger partial charge in [-0.15, -0.1) is 0 Å². The third kappa shape index (κ3) is 4.57. The first-order valence-corrected chi connectivity index (χ1v) is 11.1. The van der Waals surface area contributed by atoms with Gasteiger partial charge in [0, 0.05) is 37.8 Å². The first kappa shape index (κ1) is 22.1. The second kappa shape index (κ2) is 9.20. The van der Waals surface area contributed by atoms with E-state index in [0.717, 1.165) is 44.0 Å². The third-order valence-electron chi connectivity index (χ3n) is 6.56. The van der Waals surface area contributed by atoms with Crippen LogP contribution >= 0.6 is 0 Å². The van der Waals surface area contributed by atoms with E-state index in [4.69, 9.17) is 16.1 Å². The monoisotopic (exact) mass is 440 g/mol. The van der Waals surface area contributed by atoms with Gasteiger partial charge in [-0.3, -0.25) is 14.5 Å². The number of hydrogen-bond acceptors (Lipinski definition) is 6. The summed E-state index contributed by atoms with van der Waals surface area (Å²) < 4.78 is 14.1. The van der Waals surface area contributed by atoms with Crippen LogP contribution in [0.5, 0.6) is 0 Å². The van der Waals surface area contributed by atoms with Gasteiger partial charge in [-0.25, -0.2) is 9.37 Å². The Labute approximate surface area is 185 Å². The van der Waals surface area contributed by atoms with Crippen molar-refractivity contribution < 1.29 is 9.18 Å². The highest BCUT2D eigenvalue weighted by Gasteiger charge is 2.33. The molecule has 4 rings (SSSR count). The first-order chi connectivity index (χ1) is 15.4. The summed E-state index contributed by atoms with van der Waals surface area (Å²) in [5.74, 6) is -0.0462. The van der Waals surface area contributed by atoms with Crippen LogP contribution in [0.25, 0.3) is 0 Å². The van der Waals surface area contributed by atoms with Crippen molar-refractivity contribution in [2.45, 2.75) is 51.1 Å². The van der Waals surface area contributed by atoms with Crippen LogP contribution < -0.4 is 16.6 Å². The number of rotatable bonds is 7. The number of carbonyl (C=O) groups excluding carboxylic acids is 1. The second-order valence-corrected chi connectivity index (χ2v) is 8.94. The average molecular weight is 441 g/mol. The SMILES string of the molecule is CC1CN(Cc2ccc(C(N)=O)c(F)c2)CC1c1nc(NC2CCCC2)c(C=N)c(=O)[nH]1. The highest BCUT2D eigenvalue weighted by Crippen LogP contribution is 2.32. The minimum atomic E-state index is -0.783. The molecule has 2 unspecified atom stereocenters. The smallest absolute Gasteiger partial charge is 0.261 e. The van der Waals surface area contributed by atoms with Crippen molar-refractivity contribution in [3.63, 3.8) is 0 Å². The number of carbonyl (C=O) groups is 1. The Bertz CT molecular complexity index is 1080. The second-order valence-electron chi connectivity index (χ2n) is 8.94. The molecule has 1 saturated carbocycles. The van der Waals surface area contributed by atoms with Crippen LogP contribution in [0.15, 0.2) is 23.0 Å². The van der Waals surface area contributed by atoms with Crippen molar-refractivity contribution >= 4 is 17.9 Å². The fourth-order valence-electron chi connectivity index (χ4n) is 4.85. The van der Waals surface area contributed by atoms with Crippen molar-refractivity contribution in [3.05, 3.63) is 56.9 Å². The maximum atomic E-state index is 14.1. The zero-order valence-electron chi connectivity index (χ0n) is 18.2. The molecule has 32 heavy (non-hydrogen) atoms. The van der Waals surface area contributed by atoms with Crippen molar-refractivity contribution in [3.8, 4) is 0 Å². The van der Waals surface area contributed by atoms with Gasteiger partial charge in [0.2, 0.25) is 0 Å². The zero-order valence-corrected chi connectivity index (χ0v) is 18.2. The number of nitrogens with two attached hydrogens (primary N) is 1. The Kier molecular flexibility index (Phi) is 6.36. The van der Waals surface area contributed by atoms with Gasteiger partial charge < -0.3 is 21.4 Å². The number of amides is 1. The maximum absolute atomic E-state index is 14.1. The molecule has 1 aliphatic heterocycles. The molecular weight excluding hydrogens is 411 g/mol. The maximum Gasteiger partial charge on any atom is 0.261 e. The van der Waals surface area contributed by atoms with Gasteiger partial charge in [0.1, 0.15) is 17.5 Å². The molecule has 5 N–H and O–H groups in total. The summed E-state index contributed by atoms with van der Waals surface area (Å²) in [4.78, 5) is 33.7. The van der Waals surface area contributed by atoms with E-state index in [0.29, 0.717) is 24.7 Å². The number of anilines is 1. The van der Waals surface area contributed by atoms with Crippen LogP contribution in [-0.2, 0) is 6.54 Å². The summed E-state index contributed by atoms with van der Waals surface area (Å²) in [6.07, 6.45) is 5.45. The lowest BCUT2D eigenvalue weighted by Gasteiger charge is -2.19. The summed E-state index contributed by atoms with van der Waals surface area (Å²) in [6.45, 7) is 4.06. The number of benzene rings is 1. The summed E-state index contributed by atoms with van der Waals surface area (Å²) in [6, 6.07) is 4.76. The van der Waals surface area contributed by atoms with Gasteiger partial charge in [0.25, 0.3) is 11.5 Å². The lowest BCUT2D eigenvalue weighted by atomic mass is 9.97. The van der Waals surface area contributed by atoms with E-state index < -0.39 is 11.7 Å². The number of aromatic nitrogens is 2. The van der Waals surface area contributed by atoms with Crippen LogP contribution in [0, 0.1) is 17.1 Å². The molecule has 1 aliphatic carbocycles. The third-order valence-corrected chi connectivity index (χ3v) is 6.56. The molecule has 8 nitrogen and oxygen atoms in total. The number of likely N-dealkylation sites (tertiary alicyclic amines) is 1. The largest absolute Gasteiger partial charge is 0.367 e. The van der Waals surface area contributed by atoms with Crippen LogP contribution in [0.3, 0.4) is 0 Å². The molecular formula is C23H29FN6O2. The van der Waals surface area contributed by atoms with E-state index in [1.165, 1.54) is 12.1 Å². The standard InChI is InChI=1S/C23H29FN6O2/c1-13-10-30(11-14-6-7-16(20(26)31)19(24)8-14)12-18(13)22-28-21(17(9-25)23(32)29-22)27-15-4-2-3-5-15/h6-9,13,15,18,25H,2-5,10-12H2,1H3,(H2,26,31)(H2,27,28,29,32). The molecule has 2 aliphatic rings. The van der Waals surface area contributed by atoms with Crippen molar-refractivity contribution in [1.29, 1.82) is 5.41 Å². The van der Waals surface area contributed by atoms with E-state index in [1.807, 2.05) is 0 Å². The Morgan fingerprint density at radius 1 is 1.38 bits per heavy atom. The highest BCUT2D eigenvalue weighted by molar-refractivity contribution is 5.93. The van der Waals surface area contributed by atoms with Gasteiger partial charge in [-0.05, 0) is 36.5 Å². The number of hydrogen-bond donors (Lipinski definition) is 4. The highest BCUT2D eigenvalue weighted by atomic mass is 19.1.